The van der Waals surface area contributed by atoms with Gasteiger partial charge < -0.3 is 11.1 Å². The van der Waals surface area contributed by atoms with Crippen LogP contribution < -0.4 is 11.1 Å². The van der Waals surface area contributed by atoms with Crippen LogP contribution in [0.2, 0.25) is 0 Å². The van der Waals surface area contributed by atoms with Crippen molar-refractivity contribution < 1.29 is 4.92 Å². The number of nitrogens with one attached hydrogen (secondary N) is 1. The largest absolute Gasteiger partial charge is 0.368 e. The fraction of sp³-hybridized carbons (Fsp3) is 0.300. The van der Waals surface area contributed by atoms with Gasteiger partial charge in [-0.3, -0.25) is 10.1 Å². The second-order valence-corrected chi connectivity index (χ2v) is 5.16. The SMILES string of the molecule is Cc1cnc(CNc2nc(N)nc(C)c2[N+](=O)[O-])s1. The number of aromatic nitrogens is 3. The van der Waals surface area contributed by atoms with Crippen LogP contribution >= 0.6 is 11.3 Å². The summed E-state index contributed by atoms with van der Waals surface area (Å²) < 4.78 is 0. The third-order valence-electron chi connectivity index (χ3n) is 2.33. The monoisotopic (exact) mass is 280 g/mol. The predicted octanol–water partition coefficient (Wildman–Crippen LogP) is 1.65. The third kappa shape index (κ3) is 2.94. The van der Waals surface area contributed by atoms with Gasteiger partial charge >= 0.3 is 5.69 Å². The van der Waals surface area contributed by atoms with Crippen LogP contribution in [0.4, 0.5) is 17.5 Å². The van der Waals surface area contributed by atoms with Crippen LogP contribution in [0, 0.1) is 24.0 Å². The first kappa shape index (κ1) is 13.1. The van der Waals surface area contributed by atoms with Gasteiger partial charge in [0.2, 0.25) is 11.8 Å². The topological polar surface area (TPSA) is 120 Å². The van der Waals surface area contributed by atoms with Crippen molar-refractivity contribution >= 4 is 28.8 Å². The van der Waals surface area contributed by atoms with Crippen molar-refractivity contribution in [2.45, 2.75) is 20.4 Å². The molecule has 0 unspecified atom stereocenters. The van der Waals surface area contributed by atoms with Gasteiger partial charge in [-0.05, 0) is 13.8 Å². The van der Waals surface area contributed by atoms with Gasteiger partial charge in [0.15, 0.2) is 0 Å². The first-order valence-electron chi connectivity index (χ1n) is 5.41. The summed E-state index contributed by atoms with van der Waals surface area (Å²) in [6.07, 6.45) is 1.75. The molecule has 0 aliphatic rings. The first-order chi connectivity index (χ1) is 8.97. The predicted molar refractivity (Wildman–Crippen MR) is 72.0 cm³/mol. The van der Waals surface area contributed by atoms with Crippen LogP contribution in [0.1, 0.15) is 15.6 Å². The Morgan fingerprint density at radius 1 is 1.47 bits per heavy atom. The average molecular weight is 280 g/mol. The standard InChI is InChI=1S/C10H12N6O2S/c1-5-3-12-7(19-5)4-13-9-8(16(17)18)6(2)14-10(11)15-9/h3H,4H2,1-2H3,(H3,11,13,14,15). The third-order valence-corrected chi connectivity index (χ3v) is 3.25. The van der Waals surface area contributed by atoms with E-state index < -0.39 is 4.92 Å². The van der Waals surface area contributed by atoms with Crippen LogP contribution in [-0.4, -0.2) is 19.9 Å². The van der Waals surface area contributed by atoms with E-state index in [1.165, 1.54) is 18.3 Å². The zero-order valence-electron chi connectivity index (χ0n) is 10.4. The van der Waals surface area contributed by atoms with Crippen molar-refractivity contribution in [3.05, 3.63) is 31.9 Å². The molecule has 8 nitrogen and oxygen atoms in total. The molecular formula is C10H12N6O2S. The van der Waals surface area contributed by atoms with Crippen molar-refractivity contribution in [1.82, 2.24) is 15.0 Å². The summed E-state index contributed by atoms with van der Waals surface area (Å²) in [5, 5.41) is 14.7. The summed E-state index contributed by atoms with van der Waals surface area (Å²) in [5.41, 5.74) is 5.57. The van der Waals surface area contributed by atoms with E-state index in [-0.39, 0.29) is 23.1 Å². The lowest BCUT2D eigenvalue weighted by Crippen LogP contribution is -2.09. The molecule has 100 valence electrons. The molecule has 9 heteroatoms. The Hall–Kier alpha value is -2.29. The lowest BCUT2D eigenvalue weighted by atomic mass is 10.3. The van der Waals surface area contributed by atoms with E-state index in [0.717, 1.165) is 9.88 Å². The Bertz CT molecular complexity index is 626. The van der Waals surface area contributed by atoms with E-state index in [1.54, 1.807) is 6.20 Å². The highest BCUT2D eigenvalue weighted by Crippen LogP contribution is 2.26. The van der Waals surface area contributed by atoms with Crippen LogP contribution in [0.15, 0.2) is 6.20 Å². The quantitative estimate of drug-likeness (QED) is 0.645. The number of hydrogen-bond acceptors (Lipinski definition) is 8. The molecule has 0 saturated carbocycles. The fourth-order valence-corrected chi connectivity index (χ4v) is 2.30. The Kier molecular flexibility index (Phi) is 3.56. The van der Waals surface area contributed by atoms with E-state index in [0.29, 0.717) is 6.54 Å². The van der Waals surface area contributed by atoms with Gasteiger partial charge in [0.1, 0.15) is 10.7 Å². The normalized spacial score (nSPS) is 10.4. The van der Waals surface area contributed by atoms with Gasteiger partial charge in [0.05, 0.1) is 11.5 Å². The van der Waals surface area contributed by atoms with Crippen LogP contribution in [0.25, 0.3) is 0 Å². The van der Waals surface area contributed by atoms with E-state index >= 15 is 0 Å². The minimum Gasteiger partial charge on any atom is -0.368 e. The van der Waals surface area contributed by atoms with Crippen LogP contribution in [-0.2, 0) is 6.54 Å². The number of anilines is 2. The van der Waals surface area contributed by atoms with Gasteiger partial charge in [0, 0.05) is 11.1 Å². The van der Waals surface area contributed by atoms with Crippen LogP contribution in [0.5, 0.6) is 0 Å². The maximum Gasteiger partial charge on any atom is 0.332 e. The Labute approximate surface area is 112 Å². The zero-order valence-corrected chi connectivity index (χ0v) is 11.2. The molecule has 19 heavy (non-hydrogen) atoms. The number of nitrogens with zero attached hydrogens (tertiary/aromatic N) is 4. The Morgan fingerprint density at radius 2 is 2.21 bits per heavy atom. The summed E-state index contributed by atoms with van der Waals surface area (Å²) in [4.78, 5) is 23.4. The molecule has 2 aromatic rings. The van der Waals surface area contributed by atoms with Crippen molar-refractivity contribution in [1.29, 1.82) is 0 Å². The highest BCUT2D eigenvalue weighted by atomic mass is 32.1. The maximum atomic E-state index is 11.0. The molecule has 0 aromatic carbocycles. The number of aryl methyl sites for hydroxylation is 2. The Morgan fingerprint density at radius 3 is 2.79 bits per heavy atom. The van der Waals surface area contributed by atoms with Gasteiger partial charge in [-0.25, -0.2) is 9.97 Å². The van der Waals surface area contributed by atoms with E-state index in [2.05, 4.69) is 20.3 Å². The smallest absolute Gasteiger partial charge is 0.332 e. The van der Waals surface area contributed by atoms with E-state index in [4.69, 9.17) is 5.73 Å². The number of nitrogen functional groups attached to an aromatic ring is 1. The molecule has 0 radical (unpaired) electrons. The molecule has 3 N–H and O–H groups in total. The summed E-state index contributed by atoms with van der Waals surface area (Å²) in [6, 6.07) is 0. The van der Waals surface area contributed by atoms with E-state index in [1.807, 2.05) is 6.92 Å². The van der Waals surface area contributed by atoms with Crippen molar-refractivity contribution in [3.8, 4) is 0 Å². The minimum absolute atomic E-state index is 0.000851. The van der Waals surface area contributed by atoms with Crippen molar-refractivity contribution in [2.75, 3.05) is 11.1 Å². The second-order valence-electron chi connectivity index (χ2n) is 3.84. The molecule has 0 fully saturated rings. The average Bonchev–Trinajstić information content (AvgIpc) is 2.71. The van der Waals surface area contributed by atoms with Gasteiger partial charge in [-0.1, -0.05) is 0 Å². The lowest BCUT2D eigenvalue weighted by molar-refractivity contribution is -0.385. The molecule has 2 aromatic heterocycles. The summed E-state index contributed by atoms with van der Waals surface area (Å²) in [6.45, 7) is 3.82. The van der Waals surface area contributed by atoms with Crippen LogP contribution in [0.3, 0.4) is 0 Å². The number of nitro groups is 1. The molecule has 0 aliphatic carbocycles. The molecular weight excluding hydrogens is 268 g/mol. The minimum atomic E-state index is -0.524. The summed E-state index contributed by atoms with van der Waals surface area (Å²) in [7, 11) is 0. The zero-order chi connectivity index (χ0) is 14.0. The molecule has 0 bridgehead atoms. The van der Waals surface area contributed by atoms with Crippen molar-refractivity contribution in [2.24, 2.45) is 0 Å². The molecule has 0 saturated heterocycles. The maximum absolute atomic E-state index is 11.0. The van der Waals surface area contributed by atoms with Gasteiger partial charge in [0.25, 0.3) is 0 Å². The van der Waals surface area contributed by atoms with E-state index in [9.17, 15) is 10.1 Å². The number of rotatable bonds is 4. The number of hydrogen-bond donors (Lipinski definition) is 2. The van der Waals surface area contributed by atoms with Gasteiger partial charge in [-0.15, -0.1) is 11.3 Å². The lowest BCUT2D eigenvalue weighted by Gasteiger charge is -2.06. The number of nitrogens with two attached hydrogens (primary N) is 1. The fourth-order valence-electron chi connectivity index (χ4n) is 1.57. The molecule has 0 spiro atoms. The van der Waals surface area contributed by atoms with Gasteiger partial charge in [-0.2, -0.15) is 4.98 Å². The molecule has 0 atom stereocenters. The van der Waals surface area contributed by atoms with Crippen molar-refractivity contribution in [3.63, 3.8) is 0 Å². The molecule has 2 rings (SSSR count). The summed E-state index contributed by atoms with van der Waals surface area (Å²) in [5.74, 6) is 0.115. The molecule has 0 aliphatic heterocycles. The first-order valence-corrected chi connectivity index (χ1v) is 6.22. The number of thiazole rings is 1. The molecule has 2 heterocycles. The highest BCUT2D eigenvalue weighted by molar-refractivity contribution is 7.11. The molecule has 0 amide bonds. The highest BCUT2D eigenvalue weighted by Gasteiger charge is 2.21. The second kappa shape index (κ2) is 5.14. The Balaban J connectivity index is 2.26. The summed E-state index contributed by atoms with van der Waals surface area (Å²) >= 11 is 1.51.